The molecule has 2 aliphatic heterocycles. The monoisotopic (exact) mass is 290 g/mol. The van der Waals surface area contributed by atoms with E-state index in [4.69, 9.17) is 4.74 Å². The number of nitrogens with zero attached hydrogens (tertiary/aromatic N) is 3. The van der Waals surface area contributed by atoms with Crippen molar-refractivity contribution in [1.82, 2.24) is 15.3 Å². The second kappa shape index (κ2) is 6.85. The van der Waals surface area contributed by atoms with E-state index in [9.17, 15) is 4.79 Å². The van der Waals surface area contributed by atoms with Crippen molar-refractivity contribution >= 4 is 11.9 Å². The molecule has 0 unspecified atom stereocenters. The smallest absolute Gasteiger partial charge is 0.225 e. The van der Waals surface area contributed by atoms with E-state index in [1.165, 1.54) is 0 Å². The Morgan fingerprint density at radius 2 is 2.05 bits per heavy atom. The van der Waals surface area contributed by atoms with E-state index in [1.54, 1.807) is 12.4 Å². The zero-order chi connectivity index (χ0) is 14.5. The van der Waals surface area contributed by atoms with Crippen LogP contribution in [0.5, 0.6) is 0 Å². The molecule has 1 aromatic rings. The maximum atomic E-state index is 12.2. The van der Waals surface area contributed by atoms with Crippen LogP contribution in [0.2, 0.25) is 0 Å². The third kappa shape index (κ3) is 3.69. The van der Waals surface area contributed by atoms with Gasteiger partial charge in [0.05, 0.1) is 6.10 Å². The first-order valence-electron chi connectivity index (χ1n) is 7.74. The van der Waals surface area contributed by atoms with Gasteiger partial charge in [0.2, 0.25) is 11.9 Å². The van der Waals surface area contributed by atoms with E-state index in [0.29, 0.717) is 6.54 Å². The van der Waals surface area contributed by atoms with Gasteiger partial charge < -0.3 is 15.0 Å². The van der Waals surface area contributed by atoms with E-state index in [1.807, 2.05) is 6.07 Å². The predicted molar refractivity (Wildman–Crippen MR) is 79.0 cm³/mol. The van der Waals surface area contributed by atoms with Crippen LogP contribution in [0.15, 0.2) is 18.5 Å². The van der Waals surface area contributed by atoms with Crippen LogP contribution in [0.1, 0.15) is 25.7 Å². The van der Waals surface area contributed by atoms with E-state index in [-0.39, 0.29) is 17.9 Å². The maximum absolute atomic E-state index is 12.2. The molecule has 6 heteroatoms. The molecule has 2 aliphatic rings. The Morgan fingerprint density at radius 1 is 1.29 bits per heavy atom. The number of anilines is 1. The highest BCUT2D eigenvalue weighted by atomic mass is 16.5. The maximum Gasteiger partial charge on any atom is 0.225 e. The summed E-state index contributed by atoms with van der Waals surface area (Å²) in [5.41, 5.74) is 0. The van der Waals surface area contributed by atoms with Crippen LogP contribution in [-0.2, 0) is 9.53 Å². The summed E-state index contributed by atoms with van der Waals surface area (Å²) < 4.78 is 5.53. The number of hydrogen-bond donors (Lipinski definition) is 1. The molecule has 1 amide bonds. The molecular formula is C15H22N4O2. The van der Waals surface area contributed by atoms with Gasteiger partial charge in [0.1, 0.15) is 0 Å². The minimum absolute atomic E-state index is 0.103. The molecule has 2 fully saturated rings. The van der Waals surface area contributed by atoms with Crippen molar-refractivity contribution in [2.24, 2.45) is 5.92 Å². The third-order valence-corrected chi connectivity index (χ3v) is 4.23. The van der Waals surface area contributed by atoms with E-state index >= 15 is 0 Å². The van der Waals surface area contributed by atoms with Crippen LogP contribution < -0.4 is 10.2 Å². The second-order valence-electron chi connectivity index (χ2n) is 5.69. The average molecular weight is 290 g/mol. The van der Waals surface area contributed by atoms with Crippen molar-refractivity contribution in [3.8, 4) is 0 Å². The Balaban J connectivity index is 1.43. The fourth-order valence-corrected chi connectivity index (χ4v) is 2.96. The minimum atomic E-state index is 0.103. The summed E-state index contributed by atoms with van der Waals surface area (Å²) in [7, 11) is 0. The fourth-order valence-electron chi connectivity index (χ4n) is 2.96. The molecule has 0 radical (unpaired) electrons. The minimum Gasteiger partial charge on any atom is -0.376 e. The molecule has 0 saturated carbocycles. The predicted octanol–water partition coefficient (Wildman–Crippen LogP) is 0.988. The molecule has 1 atom stereocenters. The van der Waals surface area contributed by atoms with Gasteiger partial charge in [-0.3, -0.25) is 4.79 Å². The lowest BCUT2D eigenvalue weighted by atomic mass is 9.96. The summed E-state index contributed by atoms with van der Waals surface area (Å²) in [5, 5.41) is 3.04. The largest absolute Gasteiger partial charge is 0.376 e. The van der Waals surface area contributed by atoms with Crippen LogP contribution in [0.4, 0.5) is 5.95 Å². The molecule has 114 valence electrons. The third-order valence-electron chi connectivity index (χ3n) is 4.23. The van der Waals surface area contributed by atoms with Crippen LogP contribution >= 0.6 is 0 Å². The Kier molecular flexibility index (Phi) is 4.65. The number of nitrogens with one attached hydrogen (secondary N) is 1. The standard InChI is InChI=1S/C15H22N4O2/c20-14(18-11-13-3-1-10-21-13)12-4-8-19(9-5-12)15-16-6-2-7-17-15/h2,6-7,12-13H,1,3-5,8-11H2,(H,18,20)/t13-/m0/s1. The summed E-state index contributed by atoms with van der Waals surface area (Å²) in [6.07, 6.45) is 7.60. The second-order valence-corrected chi connectivity index (χ2v) is 5.69. The number of carbonyl (C=O) groups is 1. The Bertz CT molecular complexity index is 454. The van der Waals surface area contributed by atoms with Gasteiger partial charge in [0.25, 0.3) is 0 Å². The number of piperidine rings is 1. The Hall–Kier alpha value is -1.69. The van der Waals surface area contributed by atoms with Gasteiger partial charge in [-0.25, -0.2) is 9.97 Å². The lowest BCUT2D eigenvalue weighted by Crippen LogP contribution is -2.42. The van der Waals surface area contributed by atoms with E-state index < -0.39 is 0 Å². The first-order valence-corrected chi connectivity index (χ1v) is 7.74. The van der Waals surface area contributed by atoms with Crippen molar-refractivity contribution in [2.45, 2.75) is 31.8 Å². The van der Waals surface area contributed by atoms with Crippen molar-refractivity contribution in [3.05, 3.63) is 18.5 Å². The van der Waals surface area contributed by atoms with Crippen molar-refractivity contribution < 1.29 is 9.53 Å². The number of carbonyl (C=O) groups excluding carboxylic acids is 1. The molecule has 0 aromatic carbocycles. The zero-order valence-electron chi connectivity index (χ0n) is 12.2. The van der Waals surface area contributed by atoms with Crippen molar-refractivity contribution in [2.75, 3.05) is 31.1 Å². The molecule has 1 aromatic heterocycles. The number of aromatic nitrogens is 2. The topological polar surface area (TPSA) is 67.3 Å². The lowest BCUT2D eigenvalue weighted by molar-refractivity contribution is -0.126. The highest BCUT2D eigenvalue weighted by molar-refractivity contribution is 5.78. The molecule has 6 nitrogen and oxygen atoms in total. The first kappa shape index (κ1) is 14.3. The molecule has 2 saturated heterocycles. The molecule has 0 spiro atoms. The van der Waals surface area contributed by atoms with Crippen LogP contribution in [0, 0.1) is 5.92 Å². The van der Waals surface area contributed by atoms with Crippen molar-refractivity contribution in [3.63, 3.8) is 0 Å². The summed E-state index contributed by atoms with van der Waals surface area (Å²) in [4.78, 5) is 22.8. The first-order chi connectivity index (χ1) is 10.3. The van der Waals surface area contributed by atoms with E-state index in [2.05, 4.69) is 20.2 Å². The highest BCUT2D eigenvalue weighted by Gasteiger charge is 2.26. The molecule has 0 aliphatic carbocycles. The Labute approximate surface area is 124 Å². The summed E-state index contributed by atoms with van der Waals surface area (Å²) in [6, 6.07) is 1.81. The van der Waals surface area contributed by atoms with Gasteiger partial charge in [-0.05, 0) is 31.7 Å². The molecule has 21 heavy (non-hydrogen) atoms. The van der Waals surface area contributed by atoms with Gasteiger partial charge in [-0.2, -0.15) is 0 Å². The van der Waals surface area contributed by atoms with Crippen molar-refractivity contribution in [1.29, 1.82) is 0 Å². The van der Waals surface area contributed by atoms with Crippen LogP contribution in [0.3, 0.4) is 0 Å². The van der Waals surface area contributed by atoms with Crippen LogP contribution in [-0.4, -0.2) is 48.2 Å². The normalized spacial score (nSPS) is 23.2. The van der Waals surface area contributed by atoms with Crippen LogP contribution in [0.25, 0.3) is 0 Å². The lowest BCUT2D eigenvalue weighted by Gasteiger charge is -2.31. The fraction of sp³-hybridized carbons (Fsp3) is 0.667. The zero-order valence-corrected chi connectivity index (χ0v) is 12.2. The van der Waals surface area contributed by atoms with Gasteiger partial charge in [-0.15, -0.1) is 0 Å². The number of hydrogen-bond acceptors (Lipinski definition) is 5. The van der Waals surface area contributed by atoms with Gasteiger partial charge in [-0.1, -0.05) is 0 Å². The number of amides is 1. The quantitative estimate of drug-likeness (QED) is 0.895. The summed E-state index contributed by atoms with van der Waals surface area (Å²) in [6.45, 7) is 3.15. The van der Waals surface area contributed by atoms with Gasteiger partial charge >= 0.3 is 0 Å². The summed E-state index contributed by atoms with van der Waals surface area (Å²) >= 11 is 0. The highest BCUT2D eigenvalue weighted by Crippen LogP contribution is 2.20. The average Bonchev–Trinajstić information content (AvgIpc) is 3.07. The van der Waals surface area contributed by atoms with Gasteiger partial charge in [0, 0.05) is 44.6 Å². The summed E-state index contributed by atoms with van der Waals surface area (Å²) in [5.74, 6) is 1.03. The molecule has 3 heterocycles. The van der Waals surface area contributed by atoms with E-state index in [0.717, 1.165) is 51.3 Å². The molecule has 0 bridgehead atoms. The Morgan fingerprint density at radius 3 is 2.71 bits per heavy atom. The molecule has 3 rings (SSSR count). The van der Waals surface area contributed by atoms with Gasteiger partial charge in [0.15, 0.2) is 0 Å². The SMILES string of the molecule is O=C(NC[C@@H]1CCCO1)C1CCN(c2ncccn2)CC1. The number of ether oxygens (including phenoxy) is 1. The molecule has 1 N–H and O–H groups in total. The molecular weight excluding hydrogens is 268 g/mol. The number of rotatable bonds is 4.